The Morgan fingerprint density at radius 2 is 2.15 bits per heavy atom. The summed E-state index contributed by atoms with van der Waals surface area (Å²) in [5.41, 5.74) is 0.208. The molecule has 1 fully saturated rings. The monoisotopic (exact) mass is 282 g/mol. The predicted octanol–water partition coefficient (Wildman–Crippen LogP) is 2.39. The number of carbonyl (C=O) groups excluding carboxylic acids is 1. The Labute approximate surface area is 117 Å². The lowest BCUT2D eigenvalue weighted by Crippen LogP contribution is -2.50. The van der Waals surface area contributed by atoms with Crippen LogP contribution in [0.3, 0.4) is 0 Å². The summed E-state index contributed by atoms with van der Waals surface area (Å²) in [5.74, 6) is -0.888. The summed E-state index contributed by atoms with van der Waals surface area (Å²) < 4.78 is 27.0. The van der Waals surface area contributed by atoms with Crippen LogP contribution in [0.4, 0.5) is 8.78 Å². The molecule has 0 aromatic heterocycles. The van der Waals surface area contributed by atoms with Crippen LogP contribution in [0.1, 0.15) is 31.9 Å². The van der Waals surface area contributed by atoms with E-state index in [0.29, 0.717) is 12.3 Å². The van der Waals surface area contributed by atoms with Crippen LogP contribution in [0.2, 0.25) is 0 Å². The van der Waals surface area contributed by atoms with Crippen molar-refractivity contribution >= 4 is 5.91 Å². The van der Waals surface area contributed by atoms with Crippen LogP contribution < -0.4 is 10.6 Å². The minimum Gasteiger partial charge on any atom is -0.349 e. The Morgan fingerprint density at radius 1 is 1.45 bits per heavy atom. The van der Waals surface area contributed by atoms with E-state index in [1.165, 1.54) is 0 Å². The fourth-order valence-corrected chi connectivity index (χ4v) is 2.36. The summed E-state index contributed by atoms with van der Waals surface area (Å²) in [5, 5.41) is 5.95. The van der Waals surface area contributed by atoms with Gasteiger partial charge in [-0.2, -0.15) is 0 Å². The van der Waals surface area contributed by atoms with Crippen LogP contribution >= 0.6 is 0 Å². The maximum absolute atomic E-state index is 13.8. The third-order valence-electron chi connectivity index (χ3n) is 3.99. The Bertz CT molecular complexity index is 489. The van der Waals surface area contributed by atoms with Gasteiger partial charge in [-0.05, 0) is 43.6 Å². The van der Waals surface area contributed by atoms with E-state index >= 15 is 0 Å². The lowest BCUT2D eigenvalue weighted by molar-refractivity contribution is -0.127. The van der Waals surface area contributed by atoms with Gasteiger partial charge in [0.25, 0.3) is 0 Å². The average molecular weight is 282 g/mol. The van der Waals surface area contributed by atoms with Crippen molar-refractivity contribution in [2.45, 2.75) is 26.3 Å². The summed E-state index contributed by atoms with van der Waals surface area (Å²) in [6.45, 7) is 5.37. The zero-order valence-corrected chi connectivity index (χ0v) is 11.7. The Hall–Kier alpha value is -1.49. The van der Waals surface area contributed by atoms with Gasteiger partial charge in [-0.1, -0.05) is 13.8 Å². The van der Waals surface area contributed by atoms with Crippen molar-refractivity contribution in [3.8, 4) is 0 Å². The fourth-order valence-electron chi connectivity index (χ4n) is 2.36. The molecule has 0 spiro atoms. The number of rotatable bonds is 5. The first-order chi connectivity index (χ1) is 9.52. The summed E-state index contributed by atoms with van der Waals surface area (Å²) in [7, 11) is 0. The largest absolute Gasteiger partial charge is 0.349 e. The van der Waals surface area contributed by atoms with Crippen molar-refractivity contribution in [1.82, 2.24) is 10.6 Å². The Balaban J connectivity index is 2.08. The van der Waals surface area contributed by atoms with E-state index in [4.69, 9.17) is 0 Å². The molecule has 1 amide bonds. The number of amides is 1. The van der Waals surface area contributed by atoms with Gasteiger partial charge in [-0.15, -0.1) is 0 Å². The van der Waals surface area contributed by atoms with Crippen molar-refractivity contribution < 1.29 is 13.6 Å². The number of carbonyl (C=O) groups is 1. The van der Waals surface area contributed by atoms with Gasteiger partial charge in [-0.25, -0.2) is 8.78 Å². The minimum absolute atomic E-state index is 0.105. The molecule has 5 heteroatoms. The number of halogens is 2. The van der Waals surface area contributed by atoms with Crippen molar-refractivity contribution in [3.63, 3.8) is 0 Å². The van der Waals surface area contributed by atoms with E-state index in [9.17, 15) is 13.6 Å². The first kappa shape index (κ1) is 14.9. The summed E-state index contributed by atoms with van der Waals surface area (Å²) in [6, 6.07) is 2.84. The third kappa shape index (κ3) is 3.15. The molecule has 20 heavy (non-hydrogen) atoms. The number of nitrogens with one attached hydrogen (secondary N) is 2. The Kier molecular flexibility index (Phi) is 4.70. The van der Waals surface area contributed by atoms with Crippen LogP contribution in [0.15, 0.2) is 18.2 Å². The highest BCUT2D eigenvalue weighted by atomic mass is 19.1. The summed E-state index contributed by atoms with van der Waals surface area (Å²) in [4.78, 5) is 12.2. The smallest absolute Gasteiger partial charge is 0.223 e. The second kappa shape index (κ2) is 6.31. The van der Waals surface area contributed by atoms with Crippen LogP contribution in [-0.4, -0.2) is 19.0 Å². The van der Waals surface area contributed by atoms with Crippen LogP contribution in [-0.2, 0) is 4.79 Å². The topological polar surface area (TPSA) is 41.1 Å². The van der Waals surface area contributed by atoms with E-state index in [-0.39, 0.29) is 17.4 Å². The van der Waals surface area contributed by atoms with Gasteiger partial charge in [-0.3, -0.25) is 4.79 Å². The molecular formula is C15H20F2N2O. The molecule has 0 aliphatic carbocycles. The van der Waals surface area contributed by atoms with Gasteiger partial charge in [0.05, 0.1) is 6.04 Å². The molecule has 1 aromatic rings. The lowest BCUT2D eigenvalue weighted by atomic mass is 9.88. The highest BCUT2D eigenvalue weighted by Gasteiger charge is 2.30. The van der Waals surface area contributed by atoms with E-state index in [0.717, 1.165) is 31.3 Å². The Morgan fingerprint density at radius 3 is 2.70 bits per heavy atom. The molecule has 0 saturated carbocycles. The second-order valence-electron chi connectivity index (χ2n) is 5.34. The van der Waals surface area contributed by atoms with E-state index in [1.807, 2.05) is 13.8 Å². The van der Waals surface area contributed by atoms with Crippen molar-refractivity contribution in [1.29, 1.82) is 0 Å². The molecule has 1 aliphatic rings. The fraction of sp³-hybridized carbons (Fsp3) is 0.533. The van der Waals surface area contributed by atoms with Gasteiger partial charge < -0.3 is 10.6 Å². The predicted molar refractivity (Wildman–Crippen MR) is 73.1 cm³/mol. The molecular weight excluding hydrogens is 262 g/mol. The molecule has 0 radical (unpaired) electrons. The van der Waals surface area contributed by atoms with E-state index in [2.05, 4.69) is 10.6 Å². The molecule has 1 saturated heterocycles. The molecule has 110 valence electrons. The molecule has 0 bridgehead atoms. The molecule has 1 aliphatic heterocycles. The molecule has 3 nitrogen and oxygen atoms in total. The van der Waals surface area contributed by atoms with Crippen molar-refractivity contribution in [2.24, 2.45) is 11.8 Å². The van der Waals surface area contributed by atoms with Crippen LogP contribution in [0.5, 0.6) is 0 Å². The third-order valence-corrected chi connectivity index (χ3v) is 3.99. The molecule has 2 atom stereocenters. The zero-order chi connectivity index (χ0) is 14.7. The maximum Gasteiger partial charge on any atom is 0.223 e. The van der Waals surface area contributed by atoms with Crippen LogP contribution in [0.25, 0.3) is 0 Å². The average Bonchev–Trinajstić information content (AvgIpc) is 2.36. The van der Waals surface area contributed by atoms with E-state index < -0.39 is 17.7 Å². The number of benzene rings is 1. The second-order valence-corrected chi connectivity index (χ2v) is 5.34. The quantitative estimate of drug-likeness (QED) is 0.870. The maximum atomic E-state index is 13.8. The van der Waals surface area contributed by atoms with Crippen LogP contribution in [0, 0.1) is 23.5 Å². The van der Waals surface area contributed by atoms with Gasteiger partial charge in [0.15, 0.2) is 0 Å². The molecule has 2 N–H and O–H groups in total. The van der Waals surface area contributed by atoms with Gasteiger partial charge >= 0.3 is 0 Å². The standard InChI is InChI=1S/C15H20F2N2O/c1-3-14(12-6-11(16)4-5-13(12)17)19-15(20)9(2)10-7-18-8-10/h4-6,9-10,14,18H,3,7-8H2,1-2H3,(H,19,20). The first-order valence-corrected chi connectivity index (χ1v) is 6.99. The molecule has 1 heterocycles. The van der Waals surface area contributed by atoms with Crippen molar-refractivity contribution in [2.75, 3.05) is 13.1 Å². The number of hydrogen-bond acceptors (Lipinski definition) is 2. The first-order valence-electron chi connectivity index (χ1n) is 6.99. The highest BCUT2D eigenvalue weighted by Crippen LogP contribution is 2.23. The molecule has 2 unspecified atom stereocenters. The normalized spacial score (nSPS) is 18.2. The van der Waals surface area contributed by atoms with E-state index in [1.54, 1.807) is 0 Å². The minimum atomic E-state index is -0.495. The summed E-state index contributed by atoms with van der Waals surface area (Å²) >= 11 is 0. The zero-order valence-electron chi connectivity index (χ0n) is 11.7. The number of hydrogen-bond donors (Lipinski definition) is 2. The highest BCUT2D eigenvalue weighted by molar-refractivity contribution is 5.79. The SMILES string of the molecule is CCC(NC(=O)C(C)C1CNC1)c1cc(F)ccc1F. The summed E-state index contributed by atoms with van der Waals surface area (Å²) in [6.07, 6.45) is 0.516. The molecule has 2 rings (SSSR count). The lowest BCUT2D eigenvalue weighted by Gasteiger charge is -2.32. The van der Waals surface area contributed by atoms with Gasteiger partial charge in [0, 0.05) is 11.5 Å². The van der Waals surface area contributed by atoms with Gasteiger partial charge in [0.2, 0.25) is 5.91 Å². The molecule has 1 aromatic carbocycles. The van der Waals surface area contributed by atoms with Crippen molar-refractivity contribution in [3.05, 3.63) is 35.4 Å². The van der Waals surface area contributed by atoms with Gasteiger partial charge in [0.1, 0.15) is 11.6 Å².